The summed E-state index contributed by atoms with van der Waals surface area (Å²) in [6.45, 7) is 7.40. The Morgan fingerprint density at radius 3 is 2.30 bits per heavy atom. The van der Waals surface area contributed by atoms with Gasteiger partial charge in [-0.15, -0.1) is 0 Å². The summed E-state index contributed by atoms with van der Waals surface area (Å²) in [5.74, 6) is 0.893. The topological polar surface area (TPSA) is 160 Å². The van der Waals surface area contributed by atoms with Gasteiger partial charge < -0.3 is 19.4 Å². The van der Waals surface area contributed by atoms with Crippen LogP contribution in [0.3, 0.4) is 0 Å². The van der Waals surface area contributed by atoms with Crippen molar-refractivity contribution in [2.45, 2.75) is 51.0 Å². The lowest BCUT2D eigenvalue weighted by Gasteiger charge is -2.39. The predicted molar refractivity (Wildman–Crippen MR) is 241 cm³/mol. The lowest BCUT2D eigenvalue weighted by molar-refractivity contribution is -0.141. The van der Waals surface area contributed by atoms with Gasteiger partial charge in [-0.25, -0.2) is 14.2 Å². The lowest BCUT2D eigenvalue weighted by atomic mass is 9.88. The van der Waals surface area contributed by atoms with Crippen LogP contribution in [0.1, 0.15) is 62.2 Å². The van der Waals surface area contributed by atoms with Crippen LogP contribution in [0.5, 0.6) is 5.75 Å². The van der Waals surface area contributed by atoms with Crippen molar-refractivity contribution in [1.82, 2.24) is 40.2 Å². The van der Waals surface area contributed by atoms with Gasteiger partial charge in [-0.05, 0) is 99.6 Å². The molecule has 5 amide bonds. The monoisotopic (exact) mass is 910 g/mol. The van der Waals surface area contributed by atoms with Gasteiger partial charge in [0.15, 0.2) is 0 Å². The molecule has 18 heteroatoms. The highest BCUT2D eigenvalue weighted by Gasteiger charge is 2.34. The third-order valence-corrected chi connectivity index (χ3v) is 13.6. The summed E-state index contributed by atoms with van der Waals surface area (Å²) >= 11 is 12.7. The van der Waals surface area contributed by atoms with E-state index in [0.29, 0.717) is 104 Å². The van der Waals surface area contributed by atoms with E-state index in [9.17, 15) is 19.2 Å². The van der Waals surface area contributed by atoms with E-state index in [4.69, 9.17) is 32.9 Å². The van der Waals surface area contributed by atoms with Crippen LogP contribution in [-0.4, -0.2) is 124 Å². The van der Waals surface area contributed by atoms with Crippen molar-refractivity contribution in [3.63, 3.8) is 0 Å². The van der Waals surface area contributed by atoms with Crippen LogP contribution in [-0.2, 0) is 14.4 Å². The van der Waals surface area contributed by atoms with Gasteiger partial charge in [0.25, 0.3) is 0 Å². The number of nitrogens with one attached hydrogen (secondary N) is 2. The first-order valence-electron chi connectivity index (χ1n) is 21.8. The highest BCUT2D eigenvalue weighted by atomic mass is 35.5. The Hall–Kier alpha value is -5.84. The molecular weight excluding hydrogens is 862 g/mol. The number of amides is 5. The second kappa shape index (κ2) is 18.7. The molecule has 3 aromatic heterocycles. The maximum atomic E-state index is 15.3. The SMILES string of the molecule is C[C@@H](Oc1ccc2[nH]nc(-c3ccc(N4CCN(C(=O)C5CCN(C(=O)CN6CCC(c7ccc(N8CCC(=O)NC8=O)cc7F)CC6)CC5)CC4)nc3)c2c1)c1c(Cl)cncc1Cl. The molecule has 15 nitrogen and oxygen atoms in total. The van der Waals surface area contributed by atoms with Gasteiger partial charge in [0.2, 0.25) is 17.7 Å². The smallest absolute Gasteiger partial charge is 0.328 e. The van der Waals surface area contributed by atoms with Gasteiger partial charge in [0.05, 0.1) is 22.1 Å². The number of pyridine rings is 2. The largest absolute Gasteiger partial charge is 0.486 e. The number of benzene rings is 2. The molecule has 0 saturated carbocycles. The van der Waals surface area contributed by atoms with Crippen molar-refractivity contribution in [1.29, 1.82) is 0 Å². The first-order valence-corrected chi connectivity index (χ1v) is 22.6. The minimum absolute atomic E-state index is 0.0125. The molecule has 2 aromatic carbocycles. The van der Waals surface area contributed by atoms with Crippen molar-refractivity contribution >= 4 is 69.4 Å². The average Bonchev–Trinajstić information content (AvgIpc) is 3.72. The number of nitrogens with zero attached hydrogens (tertiary/aromatic N) is 8. The fourth-order valence-corrected chi connectivity index (χ4v) is 10.1. The number of rotatable bonds is 10. The van der Waals surface area contributed by atoms with Crippen LogP contribution in [0, 0.1) is 11.7 Å². The zero-order valence-electron chi connectivity index (χ0n) is 35.4. The number of likely N-dealkylation sites (tertiary alicyclic amines) is 2. The third kappa shape index (κ3) is 9.22. The number of aromatic nitrogens is 4. The van der Waals surface area contributed by atoms with Crippen molar-refractivity contribution in [2.24, 2.45) is 5.92 Å². The highest BCUT2D eigenvalue weighted by Crippen LogP contribution is 2.36. The van der Waals surface area contributed by atoms with Crippen LogP contribution in [0.15, 0.2) is 67.1 Å². The van der Waals surface area contributed by atoms with Gasteiger partial charge in [0, 0.05) is 98.9 Å². The summed E-state index contributed by atoms with van der Waals surface area (Å²) in [5.41, 5.74) is 4.17. The number of piperidine rings is 2. The number of H-pyrrole nitrogens is 1. The number of fused-ring (bicyclic) bond motifs is 1. The molecule has 0 radical (unpaired) electrons. The number of hydrogen-bond donors (Lipinski definition) is 2. The molecule has 334 valence electrons. The summed E-state index contributed by atoms with van der Waals surface area (Å²) in [4.78, 5) is 69.1. The highest BCUT2D eigenvalue weighted by molar-refractivity contribution is 6.35. The number of carbonyl (C=O) groups is 4. The van der Waals surface area contributed by atoms with Crippen LogP contribution >= 0.6 is 23.2 Å². The zero-order chi connectivity index (χ0) is 44.5. The van der Waals surface area contributed by atoms with Crippen LogP contribution in [0.2, 0.25) is 10.0 Å². The van der Waals surface area contributed by atoms with Crippen LogP contribution < -0.4 is 19.9 Å². The standard InChI is InChI=1S/C46H49Cl2FN10O5/c1-28(43-36(47)25-50-26-37(43)48)64-33-4-6-39-35(23-33)44(54-53-39)31-2-7-40(51-24-31)56-18-20-58(21-19-56)45(62)30-10-15-57(16-11-30)42(61)27-55-13-8-29(9-14-55)34-5-3-32(22-38(34)49)59-17-12-41(60)52-46(59)63/h2-7,22-26,28-30H,8-21,27H2,1H3,(H,53,54)(H,52,60,63)/t28-/m1/s1. The van der Waals surface area contributed by atoms with E-state index in [2.05, 4.69) is 30.3 Å². The summed E-state index contributed by atoms with van der Waals surface area (Å²) in [5, 5.41) is 11.7. The normalized spacial score (nSPS) is 18.7. The Bertz CT molecular complexity index is 2530. The number of anilines is 2. The second-order valence-electron chi connectivity index (χ2n) is 16.9. The Morgan fingerprint density at radius 2 is 1.61 bits per heavy atom. The number of halogens is 3. The fraction of sp³-hybridized carbons (Fsp3) is 0.413. The van der Waals surface area contributed by atoms with Crippen LogP contribution in [0.25, 0.3) is 22.2 Å². The van der Waals surface area contributed by atoms with Crippen molar-refractivity contribution < 1.29 is 28.3 Å². The first kappa shape index (κ1) is 43.4. The van der Waals surface area contributed by atoms with Gasteiger partial charge in [0.1, 0.15) is 29.2 Å². The Labute approximate surface area is 379 Å². The van der Waals surface area contributed by atoms with E-state index in [1.165, 1.54) is 11.0 Å². The Morgan fingerprint density at radius 1 is 0.859 bits per heavy atom. The number of imide groups is 1. The number of aromatic amines is 1. The molecule has 7 heterocycles. The molecule has 4 fully saturated rings. The van der Waals surface area contributed by atoms with Crippen molar-refractivity contribution in [3.05, 3.63) is 94.1 Å². The number of carbonyl (C=O) groups excluding carboxylic acids is 4. The molecule has 0 bridgehead atoms. The molecule has 4 aliphatic heterocycles. The predicted octanol–water partition coefficient (Wildman–Crippen LogP) is 6.82. The Kier molecular flexibility index (Phi) is 12.7. The fourth-order valence-electron chi connectivity index (χ4n) is 9.38. The van der Waals surface area contributed by atoms with Gasteiger partial charge in [-0.3, -0.25) is 39.6 Å². The molecule has 4 saturated heterocycles. The molecule has 9 rings (SSSR count). The number of hydrogen-bond acceptors (Lipinski definition) is 10. The third-order valence-electron chi connectivity index (χ3n) is 13.0. The molecule has 0 unspecified atom stereocenters. The minimum atomic E-state index is -0.541. The quantitative estimate of drug-likeness (QED) is 0.152. The number of piperazine rings is 1. The summed E-state index contributed by atoms with van der Waals surface area (Å²) in [7, 11) is 0. The molecule has 4 aliphatic rings. The van der Waals surface area contributed by atoms with E-state index in [1.54, 1.807) is 24.5 Å². The molecule has 2 N–H and O–H groups in total. The summed E-state index contributed by atoms with van der Waals surface area (Å²) in [6, 6.07) is 14.0. The second-order valence-corrected chi connectivity index (χ2v) is 17.8. The van der Waals surface area contributed by atoms with E-state index < -0.39 is 12.1 Å². The lowest BCUT2D eigenvalue weighted by Crippen LogP contribution is -2.52. The molecule has 5 aromatic rings. The van der Waals surface area contributed by atoms with Gasteiger partial charge >= 0.3 is 6.03 Å². The minimum Gasteiger partial charge on any atom is -0.486 e. The van der Waals surface area contributed by atoms with E-state index in [1.807, 2.05) is 53.3 Å². The maximum absolute atomic E-state index is 15.3. The maximum Gasteiger partial charge on any atom is 0.328 e. The van der Waals surface area contributed by atoms with E-state index in [0.717, 1.165) is 40.8 Å². The summed E-state index contributed by atoms with van der Waals surface area (Å²) in [6.07, 6.45) is 7.39. The molecule has 1 atom stereocenters. The molecule has 0 spiro atoms. The van der Waals surface area contributed by atoms with Crippen molar-refractivity contribution in [2.75, 3.05) is 75.2 Å². The average molecular weight is 912 g/mol. The zero-order valence-corrected chi connectivity index (χ0v) is 37.0. The first-order chi connectivity index (χ1) is 31.0. The van der Waals surface area contributed by atoms with Gasteiger partial charge in [-0.2, -0.15) is 5.10 Å². The van der Waals surface area contributed by atoms with Gasteiger partial charge in [-0.1, -0.05) is 29.3 Å². The molecule has 0 aliphatic carbocycles. The molecule has 64 heavy (non-hydrogen) atoms. The van der Waals surface area contributed by atoms with E-state index in [-0.39, 0.29) is 48.3 Å². The van der Waals surface area contributed by atoms with Crippen LogP contribution in [0.4, 0.5) is 20.7 Å². The Balaban J connectivity index is 0.714. The summed E-state index contributed by atoms with van der Waals surface area (Å²) < 4.78 is 21.5. The van der Waals surface area contributed by atoms with E-state index >= 15 is 4.39 Å². The number of ether oxygens (including phenoxy) is 1. The molecular formula is C46H49Cl2FN10O5. The van der Waals surface area contributed by atoms with Crippen molar-refractivity contribution in [3.8, 4) is 17.0 Å². The number of urea groups is 1.